The van der Waals surface area contributed by atoms with Gasteiger partial charge in [0.15, 0.2) is 0 Å². The molecule has 0 bridgehead atoms. The summed E-state index contributed by atoms with van der Waals surface area (Å²) in [5.74, 6) is -2.07. The maximum absolute atomic E-state index is 12.4. The number of rotatable bonds is 4. The number of aliphatic hydroxyl groups excluding tert-OH is 1. The molecule has 6 heteroatoms. The van der Waals surface area contributed by atoms with Gasteiger partial charge >= 0.3 is 5.97 Å². The zero-order valence-electron chi connectivity index (χ0n) is 14.4. The van der Waals surface area contributed by atoms with Crippen LogP contribution in [0.1, 0.15) is 13.8 Å². The molecule has 2 heterocycles. The molecule has 0 unspecified atom stereocenters. The molecule has 4 rings (SSSR count). The summed E-state index contributed by atoms with van der Waals surface area (Å²) in [6, 6.07) is 13.6. The third-order valence-corrected chi connectivity index (χ3v) is 6.64. The molecule has 4 atom stereocenters. The Kier molecular flexibility index (Phi) is 4.04. The predicted octanol–water partition coefficient (Wildman–Crippen LogP) is 3.09. The van der Waals surface area contributed by atoms with E-state index in [1.165, 1.54) is 16.7 Å². The molecule has 5 nitrogen and oxygen atoms in total. The summed E-state index contributed by atoms with van der Waals surface area (Å²) in [7, 11) is 0. The Morgan fingerprint density at radius 3 is 2.58 bits per heavy atom. The van der Waals surface area contributed by atoms with E-state index in [2.05, 4.69) is 0 Å². The first kappa shape index (κ1) is 17.1. The van der Waals surface area contributed by atoms with Crippen molar-refractivity contribution in [3.05, 3.63) is 53.1 Å². The minimum atomic E-state index is -1.10. The van der Waals surface area contributed by atoms with Crippen LogP contribution < -0.4 is 0 Å². The van der Waals surface area contributed by atoms with Crippen LogP contribution in [0.5, 0.6) is 0 Å². The Labute approximate surface area is 155 Å². The smallest absolute Gasteiger partial charge is 0.353 e. The van der Waals surface area contributed by atoms with Crippen LogP contribution in [0.3, 0.4) is 0 Å². The molecule has 2 aliphatic rings. The fourth-order valence-electron chi connectivity index (χ4n) is 4.06. The largest absolute Gasteiger partial charge is 0.477 e. The number of fused-ring (bicyclic) bond motifs is 2. The fraction of sp³-hybridized carbons (Fsp3) is 0.300. The van der Waals surface area contributed by atoms with E-state index in [1.807, 2.05) is 49.4 Å². The zero-order valence-corrected chi connectivity index (χ0v) is 15.2. The Morgan fingerprint density at radius 1 is 1.19 bits per heavy atom. The molecule has 0 spiro atoms. The lowest BCUT2D eigenvalue weighted by atomic mass is 9.79. The standard InChI is InChI=1S/C20H19NO4S/c1-10-16-15(11(2)22)19(23)21(16)17(20(24)25)18(10)26-14-9-5-7-12-6-3-4-8-13(12)14/h3-11,15-16,22H,1-2H3,(H,24,25)/t10-,11-,15-,16-/m1/s1. The SMILES string of the molecule is C[C@@H](O)[C@H]1C(=O)N2C(C(=O)O)=C(Sc3cccc4ccccc34)[C@H](C)[C@H]12. The molecular formula is C20H19NO4S. The van der Waals surface area contributed by atoms with Gasteiger partial charge < -0.3 is 15.1 Å². The van der Waals surface area contributed by atoms with Crippen molar-refractivity contribution in [2.75, 3.05) is 0 Å². The van der Waals surface area contributed by atoms with E-state index >= 15 is 0 Å². The van der Waals surface area contributed by atoms with E-state index in [-0.39, 0.29) is 23.6 Å². The highest BCUT2D eigenvalue weighted by Gasteiger charge is 2.60. The third-order valence-electron chi connectivity index (χ3n) is 5.28. The lowest BCUT2D eigenvalue weighted by Crippen LogP contribution is -2.63. The van der Waals surface area contributed by atoms with Crippen molar-refractivity contribution in [2.45, 2.75) is 30.9 Å². The molecule has 0 saturated carbocycles. The Bertz CT molecular complexity index is 946. The number of aliphatic carboxylic acids is 1. The topological polar surface area (TPSA) is 77.8 Å². The highest BCUT2D eigenvalue weighted by atomic mass is 32.2. The lowest BCUT2D eigenvalue weighted by molar-refractivity contribution is -0.163. The van der Waals surface area contributed by atoms with Gasteiger partial charge in [0.1, 0.15) is 5.70 Å². The second kappa shape index (κ2) is 6.14. The minimum Gasteiger partial charge on any atom is -0.477 e. The summed E-state index contributed by atoms with van der Waals surface area (Å²) < 4.78 is 0. The average molecular weight is 369 g/mol. The van der Waals surface area contributed by atoms with E-state index in [1.54, 1.807) is 6.92 Å². The normalized spacial score (nSPS) is 26.0. The van der Waals surface area contributed by atoms with Crippen LogP contribution in [0.4, 0.5) is 0 Å². The highest BCUT2D eigenvalue weighted by Crippen LogP contribution is 2.52. The monoisotopic (exact) mass is 369 g/mol. The molecule has 26 heavy (non-hydrogen) atoms. The minimum absolute atomic E-state index is 0.0577. The maximum Gasteiger partial charge on any atom is 0.353 e. The lowest BCUT2D eigenvalue weighted by Gasteiger charge is -2.46. The number of carboxylic acid groups (broad SMARTS) is 1. The van der Waals surface area contributed by atoms with Crippen molar-refractivity contribution in [2.24, 2.45) is 11.8 Å². The van der Waals surface area contributed by atoms with E-state index < -0.39 is 18.0 Å². The van der Waals surface area contributed by atoms with Gasteiger partial charge in [-0.2, -0.15) is 0 Å². The van der Waals surface area contributed by atoms with Crippen LogP contribution in [-0.2, 0) is 9.59 Å². The zero-order chi connectivity index (χ0) is 18.6. The van der Waals surface area contributed by atoms with Gasteiger partial charge in [-0.15, -0.1) is 0 Å². The van der Waals surface area contributed by atoms with E-state index in [9.17, 15) is 19.8 Å². The maximum atomic E-state index is 12.4. The first-order valence-corrected chi connectivity index (χ1v) is 9.37. The summed E-state index contributed by atoms with van der Waals surface area (Å²) in [4.78, 5) is 27.3. The fourth-order valence-corrected chi connectivity index (χ4v) is 5.35. The summed E-state index contributed by atoms with van der Waals surface area (Å²) in [6.07, 6.45) is -0.789. The average Bonchev–Trinajstić information content (AvgIpc) is 2.84. The molecule has 0 aliphatic carbocycles. The number of hydrogen-bond acceptors (Lipinski definition) is 4. The molecule has 1 fully saturated rings. The van der Waals surface area contributed by atoms with Crippen molar-refractivity contribution < 1.29 is 19.8 Å². The summed E-state index contributed by atoms with van der Waals surface area (Å²) in [6.45, 7) is 3.52. The van der Waals surface area contributed by atoms with Gasteiger partial charge in [-0.1, -0.05) is 55.1 Å². The first-order valence-electron chi connectivity index (χ1n) is 8.56. The molecular weight excluding hydrogens is 350 g/mol. The van der Waals surface area contributed by atoms with Crippen molar-refractivity contribution in [3.63, 3.8) is 0 Å². The number of carbonyl (C=O) groups excluding carboxylic acids is 1. The van der Waals surface area contributed by atoms with Crippen LogP contribution >= 0.6 is 11.8 Å². The van der Waals surface area contributed by atoms with Gasteiger partial charge in [0.05, 0.1) is 18.1 Å². The van der Waals surface area contributed by atoms with E-state index in [4.69, 9.17) is 0 Å². The molecule has 1 saturated heterocycles. The molecule has 2 aromatic carbocycles. The molecule has 2 aliphatic heterocycles. The van der Waals surface area contributed by atoms with Crippen LogP contribution in [0, 0.1) is 11.8 Å². The quantitative estimate of drug-likeness (QED) is 0.810. The number of aliphatic hydroxyl groups is 1. The van der Waals surface area contributed by atoms with Gasteiger partial charge in [0.25, 0.3) is 0 Å². The van der Waals surface area contributed by atoms with Crippen molar-refractivity contribution >= 4 is 34.4 Å². The number of β-lactam (4-membered cyclic amide) rings is 1. The van der Waals surface area contributed by atoms with Gasteiger partial charge in [0.2, 0.25) is 5.91 Å². The second-order valence-electron chi connectivity index (χ2n) is 6.85. The molecule has 0 radical (unpaired) electrons. The first-order chi connectivity index (χ1) is 12.4. The summed E-state index contributed by atoms with van der Waals surface area (Å²) >= 11 is 1.41. The molecule has 0 aromatic heterocycles. The molecule has 2 aromatic rings. The molecule has 2 N–H and O–H groups in total. The Morgan fingerprint density at radius 2 is 1.88 bits per heavy atom. The number of nitrogens with zero attached hydrogens (tertiary/aromatic N) is 1. The van der Waals surface area contributed by atoms with E-state index in [0.717, 1.165) is 15.7 Å². The van der Waals surface area contributed by atoms with Crippen molar-refractivity contribution in [1.29, 1.82) is 0 Å². The van der Waals surface area contributed by atoms with Gasteiger partial charge in [-0.25, -0.2) is 4.79 Å². The van der Waals surface area contributed by atoms with Crippen molar-refractivity contribution in [1.82, 2.24) is 4.90 Å². The van der Waals surface area contributed by atoms with Gasteiger partial charge in [0, 0.05) is 15.7 Å². The number of carboxylic acids is 1. The summed E-state index contributed by atoms with van der Waals surface area (Å²) in [5, 5.41) is 21.8. The molecule has 1 amide bonds. The predicted molar refractivity (Wildman–Crippen MR) is 99.4 cm³/mol. The van der Waals surface area contributed by atoms with E-state index in [0.29, 0.717) is 4.91 Å². The number of thioether (sulfide) groups is 1. The van der Waals surface area contributed by atoms with Gasteiger partial charge in [-0.3, -0.25) is 4.79 Å². The summed E-state index contributed by atoms with van der Waals surface area (Å²) in [5.41, 5.74) is 0.0577. The number of benzene rings is 2. The molecule has 134 valence electrons. The number of carbonyl (C=O) groups is 2. The number of hydrogen-bond donors (Lipinski definition) is 2. The van der Waals surface area contributed by atoms with Crippen LogP contribution in [-0.4, -0.2) is 39.1 Å². The second-order valence-corrected chi connectivity index (χ2v) is 7.94. The van der Waals surface area contributed by atoms with Crippen molar-refractivity contribution in [3.8, 4) is 0 Å². The Hall–Kier alpha value is -2.31. The number of amides is 1. The Balaban J connectivity index is 1.78. The van der Waals surface area contributed by atoms with Gasteiger partial charge in [-0.05, 0) is 23.8 Å². The third kappa shape index (κ3) is 2.36. The van der Waals surface area contributed by atoms with Crippen LogP contribution in [0.2, 0.25) is 0 Å². The van der Waals surface area contributed by atoms with Crippen LogP contribution in [0.15, 0.2) is 58.0 Å². The highest BCUT2D eigenvalue weighted by molar-refractivity contribution is 8.03. The van der Waals surface area contributed by atoms with Crippen LogP contribution in [0.25, 0.3) is 10.8 Å².